The standard InChI is InChI=1S/C9H7.C2H5O.C2H7Si.CH3.2ClH.O.H2Si.Ti/c1-2-5-9-7-3-6-8(9)4-1;1-2-3;1-3-2;;;;;;/h1-7H;3H,1-2H2;3H,1-2H3;1H3;2*1H;;1H2;. The number of aliphatic hydroxyl groups is 1. The summed E-state index contributed by atoms with van der Waals surface area (Å²) in [6, 6.07) is 8.24. The zero-order valence-electron chi connectivity index (χ0n) is 12.9. The van der Waals surface area contributed by atoms with Crippen LogP contribution in [0.4, 0.5) is 0 Å². The largest absolute Gasteiger partial charge is 0.147 e. The van der Waals surface area contributed by atoms with Gasteiger partial charge in [-0.2, -0.15) is 0 Å². The van der Waals surface area contributed by atoms with Crippen LogP contribution in [0, 0.1) is 0 Å². The Labute approximate surface area is 140 Å². The number of halogens is 2. The van der Waals surface area contributed by atoms with Gasteiger partial charge in [0, 0.05) is 0 Å². The second-order valence-corrected chi connectivity index (χ2v) is 47.9. The maximum atomic E-state index is 14.4. The Bertz CT molecular complexity index is 718. The van der Waals surface area contributed by atoms with Crippen molar-refractivity contribution in [2.45, 2.75) is 27.3 Å². The van der Waals surface area contributed by atoms with Crippen molar-refractivity contribution >= 4 is 45.2 Å². The quantitative estimate of drug-likeness (QED) is 0.788. The van der Waals surface area contributed by atoms with E-state index < -0.39 is 18.6 Å². The molecule has 1 unspecified atom stereocenters. The van der Waals surface area contributed by atoms with Crippen LogP contribution in [-0.4, -0.2) is 26.0 Å². The molecule has 0 bridgehead atoms. The van der Waals surface area contributed by atoms with Gasteiger partial charge in [0.05, 0.1) is 0 Å². The first-order valence-corrected chi connectivity index (χ1v) is 20.8. The molecule has 1 aromatic rings. The van der Waals surface area contributed by atoms with Crippen molar-refractivity contribution in [3.05, 3.63) is 41.5 Å². The van der Waals surface area contributed by atoms with Gasteiger partial charge in [-0.3, -0.25) is 0 Å². The van der Waals surface area contributed by atoms with E-state index in [1.54, 1.807) is 7.63 Å². The van der Waals surface area contributed by atoms with Crippen molar-refractivity contribution in [3.63, 3.8) is 0 Å². The average molecular weight is 401 g/mol. The molecule has 0 heterocycles. The van der Waals surface area contributed by atoms with Crippen LogP contribution in [0.15, 0.2) is 30.3 Å². The molecule has 2 nitrogen and oxygen atoms in total. The molecule has 1 N–H and O–H groups in total. The van der Waals surface area contributed by atoms with E-state index in [-0.39, 0.29) is 35.6 Å². The first-order chi connectivity index (χ1) is 8.65. The van der Waals surface area contributed by atoms with Crippen LogP contribution in [-0.2, 0) is 15.3 Å². The summed E-state index contributed by atoms with van der Waals surface area (Å²) in [5.41, 5.74) is 2.40. The Hall–Kier alpha value is 0.448. The molecule has 0 fully saturated rings. The Morgan fingerprint density at radius 3 is 2.38 bits per heavy atom. The predicted octanol–water partition coefficient (Wildman–Crippen LogP) is 3.16. The molecular weight excluding hydrogens is 375 g/mol. The summed E-state index contributed by atoms with van der Waals surface area (Å²) in [6.45, 7) is 2.99. The number of allylic oxidation sites excluding steroid dienone is 1. The summed E-state index contributed by atoms with van der Waals surface area (Å²) >= 11 is -4.45. The summed E-state index contributed by atoms with van der Waals surface area (Å²) in [4.78, 5) is 0. The van der Waals surface area contributed by atoms with E-state index in [0.717, 1.165) is 0 Å². The molecule has 0 saturated heterocycles. The minimum absolute atomic E-state index is 0. The van der Waals surface area contributed by atoms with Crippen LogP contribution in [0.3, 0.4) is 0 Å². The van der Waals surface area contributed by atoms with E-state index in [1.807, 2.05) is 17.4 Å². The van der Waals surface area contributed by atoms with Gasteiger partial charge in [-0.15, -0.1) is 24.8 Å². The SMILES string of the molecule is C[SiH](C)[Ti]([CH3])(=[O])(=[SiH2])([CH2]CO)[CH]1C=Cc2ccccc21.Cl.Cl. The molecule has 1 aliphatic carbocycles. The Morgan fingerprint density at radius 1 is 1.29 bits per heavy atom. The fourth-order valence-electron chi connectivity index (χ4n) is 3.27. The van der Waals surface area contributed by atoms with Gasteiger partial charge in [-0.05, 0) is 0 Å². The zero-order valence-corrected chi connectivity index (χ0v) is 18.7. The van der Waals surface area contributed by atoms with Crippen LogP contribution in [0.2, 0.25) is 23.0 Å². The van der Waals surface area contributed by atoms with Gasteiger partial charge >= 0.3 is 116 Å². The van der Waals surface area contributed by atoms with Crippen molar-refractivity contribution in [2.24, 2.45) is 0 Å². The van der Waals surface area contributed by atoms with E-state index in [1.165, 1.54) is 11.1 Å². The molecule has 0 amide bonds. The Balaban J connectivity index is 0.00000200. The summed E-state index contributed by atoms with van der Waals surface area (Å²) in [7, 11) is 1.77. The number of rotatable bonds is 4. The normalized spacial score (nSPS) is 18.2. The van der Waals surface area contributed by atoms with Crippen molar-refractivity contribution in [1.82, 2.24) is 0 Å². The van der Waals surface area contributed by atoms with Crippen molar-refractivity contribution in [3.8, 4) is 0 Å². The third-order valence-electron chi connectivity index (χ3n) is 5.75. The molecule has 21 heavy (non-hydrogen) atoms. The van der Waals surface area contributed by atoms with E-state index in [2.05, 4.69) is 37.4 Å². The van der Waals surface area contributed by atoms with Crippen molar-refractivity contribution in [1.29, 1.82) is 0 Å². The first-order valence-electron chi connectivity index (χ1n) is 7.03. The summed E-state index contributed by atoms with van der Waals surface area (Å²) in [6.07, 6.45) is 4.24. The van der Waals surface area contributed by atoms with Gasteiger partial charge in [-0.25, -0.2) is 0 Å². The van der Waals surface area contributed by atoms with Gasteiger partial charge < -0.3 is 0 Å². The van der Waals surface area contributed by atoms with Gasteiger partial charge in [-0.1, -0.05) is 0 Å². The summed E-state index contributed by atoms with van der Waals surface area (Å²) < 4.78 is 14.9. The Kier molecular flexibility index (Phi) is 6.29. The molecular formula is C14H26Cl2O2Si2Ti. The summed E-state index contributed by atoms with van der Waals surface area (Å²) in [5, 5.41) is 11.6. The third kappa shape index (κ3) is 3.23. The van der Waals surface area contributed by atoms with Crippen LogP contribution in [0.1, 0.15) is 15.3 Å². The molecule has 1 atom stereocenters. The molecule has 7 heteroatoms. The molecule has 0 saturated carbocycles. The molecule has 0 aromatic heterocycles. The first kappa shape index (κ1) is 21.4. The maximum absolute atomic E-state index is 14.4. The van der Waals surface area contributed by atoms with E-state index in [0.29, 0.717) is 4.73 Å². The van der Waals surface area contributed by atoms with Gasteiger partial charge in [0.1, 0.15) is 0 Å². The van der Waals surface area contributed by atoms with Gasteiger partial charge in [0.25, 0.3) is 0 Å². The van der Waals surface area contributed by atoms with Crippen LogP contribution < -0.4 is 0 Å². The molecule has 0 spiro atoms. The number of hydrogen-bond acceptors (Lipinski definition) is 2. The average Bonchev–Trinajstić information content (AvgIpc) is 2.73. The van der Waals surface area contributed by atoms with E-state index >= 15 is 0 Å². The second kappa shape index (κ2) is 6.15. The summed E-state index contributed by atoms with van der Waals surface area (Å²) in [5.74, 6) is 0. The topological polar surface area (TPSA) is 37.3 Å². The number of fused-ring (bicyclic) bond motifs is 1. The van der Waals surface area contributed by atoms with Crippen LogP contribution >= 0.6 is 24.8 Å². The minimum Gasteiger partial charge on any atom is -0.147 e. The van der Waals surface area contributed by atoms with Crippen LogP contribution in [0.25, 0.3) is 6.08 Å². The minimum atomic E-state index is -4.45. The van der Waals surface area contributed by atoms with E-state index in [4.69, 9.17) is 0 Å². The molecule has 1 aliphatic rings. The van der Waals surface area contributed by atoms with E-state index in [9.17, 15) is 8.43 Å². The maximum Gasteiger partial charge on any atom is -0.147 e. The number of aliphatic hydroxyl groups excluding tert-OH is 1. The smallest absolute Gasteiger partial charge is 0.147 e. The second-order valence-electron chi connectivity index (χ2n) is 7.34. The monoisotopic (exact) mass is 400 g/mol. The van der Waals surface area contributed by atoms with Crippen molar-refractivity contribution in [2.75, 3.05) is 6.61 Å². The fourth-order valence-corrected chi connectivity index (χ4v) is 19.4. The zero-order chi connectivity index (χ0) is 14.4. The van der Waals surface area contributed by atoms with Crippen molar-refractivity contribution < 1.29 is 20.4 Å². The predicted molar refractivity (Wildman–Crippen MR) is 98.6 cm³/mol. The molecule has 1 aromatic carbocycles. The van der Waals surface area contributed by atoms with Crippen LogP contribution in [0.5, 0.6) is 0 Å². The molecule has 0 aliphatic heterocycles. The molecule has 0 radical (unpaired) electrons. The Morgan fingerprint density at radius 2 is 1.86 bits per heavy atom. The number of benzene rings is 1. The van der Waals surface area contributed by atoms with Gasteiger partial charge in [0.15, 0.2) is 0 Å². The number of hydrogen-bond donors (Lipinski definition) is 1. The fraction of sp³-hybridized carbons (Fsp3) is 0.429. The molecule has 120 valence electrons. The van der Waals surface area contributed by atoms with Gasteiger partial charge in [0.2, 0.25) is 0 Å². The molecule has 2 rings (SSSR count). The third-order valence-corrected chi connectivity index (χ3v) is 51.1.